The number of carboxylic acid groups (broad SMARTS) is 1. The number of ether oxygens (including phenoxy) is 1. The average Bonchev–Trinajstić information content (AvgIpc) is 2.79. The Labute approximate surface area is 202 Å². The molecule has 1 atom stereocenters. The van der Waals surface area contributed by atoms with Gasteiger partial charge in [-0.15, -0.1) is 0 Å². The molecule has 1 spiro atoms. The maximum atomic E-state index is 11.7. The third-order valence-corrected chi connectivity index (χ3v) is 7.21. The Morgan fingerprint density at radius 3 is 2.45 bits per heavy atom. The number of pyridine rings is 1. The number of benzene rings is 2. The van der Waals surface area contributed by atoms with Crippen LogP contribution in [0.25, 0.3) is 22.4 Å². The molecule has 1 aromatic heterocycles. The number of aromatic nitrogens is 1. The predicted molar refractivity (Wildman–Crippen MR) is 130 cm³/mol. The van der Waals surface area contributed by atoms with Gasteiger partial charge >= 0.3 is 6.09 Å². The van der Waals surface area contributed by atoms with Gasteiger partial charge < -0.3 is 15.2 Å². The molecule has 5 rings (SSSR count). The van der Waals surface area contributed by atoms with E-state index in [1.165, 1.54) is 6.42 Å². The highest BCUT2D eigenvalue weighted by Gasteiger charge is 2.43. The van der Waals surface area contributed by atoms with E-state index in [9.17, 15) is 9.90 Å². The number of hydrogen-bond acceptors (Lipinski definition) is 3. The van der Waals surface area contributed by atoms with E-state index < -0.39 is 17.7 Å². The van der Waals surface area contributed by atoms with Gasteiger partial charge in [-0.05, 0) is 55.5 Å². The van der Waals surface area contributed by atoms with E-state index in [4.69, 9.17) is 32.9 Å². The van der Waals surface area contributed by atoms with Crippen molar-refractivity contribution in [1.29, 1.82) is 0 Å². The van der Waals surface area contributed by atoms with Crippen molar-refractivity contribution in [3.8, 4) is 28.3 Å². The van der Waals surface area contributed by atoms with Crippen LogP contribution >= 0.6 is 23.2 Å². The van der Waals surface area contributed by atoms with Crippen LogP contribution in [0.5, 0.6) is 5.88 Å². The van der Waals surface area contributed by atoms with Crippen LogP contribution in [0.2, 0.25) is 10.0 Å². The van der Waals surface area contributed by atoms with E-state index in [2.05, 4.69) is 5.32 Å². The fourth-order valence-corrected chi connectivity index (χ4v) is 5.41. The van der Waals surface area contributed by atoms with E-state index in [1.807, 2.05) is 54.6 Å². The lowest BCUT2D eigenvalue weighted by molar-refractivity contribution is -0.00619. The van der Waals surface area contributed by atoms with Crippen molar-refractivity contribution in [1.82, 2.24) is 10.3 Å². The third-order valence-electron chi connectivity index (χ3n) is 6.63. The van der Waals surface area contributed by atoms with Crippen molar-refractivity contribution in [2.45, 2.75) is 50.2 Å². The van der Waals surface area contributed by atoms with E-state index in [1.54, 1.807) is 0 Å². The van der Waals surface area contributed by atoms with Gasteiger partial charge in [-0.3, -0.25) is 0 Å². The molecule has 2 aliphatic rings. The van der Waals surface area contributed by atoms with E-state index in [-0.39, 0.29) is 0 Å². The molecule has 1 amide bonds. The summed E-state index contributed by atoms with van der Waals surface area (Å²) in [6, 6.07) is 16.7. The Bertz CT molecular complexity index is 1190. The van der Waals surface area contributed by atoms with Crippen LogP contribution in [-0.2, 0) is 0 Å². The van der Waals surface area contributed by atoms with Crippen molar-refractivity contribution in [3.05, 3.63) is 70.2 Å². The zero-order chi connectivity index (χ0) is 23.0. The number of rotatable bonds is 3. The second-order valence-corrected chi connectivity index (χ2v) is 9.66. The minimum absolute atomic E-state index is 0.398. The molecular formula is C26H24Cl2N2O3. The number of carbonyl (C=O) groups is 1. The molecule has 0 bridgehead atoms. The smallest absolute Gasteiger partial charge is 0.405 e. The number of nitrogens with zero attached hydrogens (tertiary/aromatic N) is 1. The van der Waals surface area contributed by atoms with Crippen molar-refractivity contribution >= 4 is 29.3 Å². The van der Waals surface area contributed by atoms with E-state index in [0.29, 0.717) is 28.0 Å². The Kier molecular flexibility index (Phi) is 5.94. The number of hydrogen-bond donors (Lipinski definition) is 2. The number of nitrogens with one attached hydrogen (secondary N) is 1. The van der Waals surface area contributed by atoms with Gasteiger partial charge in [0.2, 0.25) is 5.88 Å². The molecule has 0 radical (unpaired) electrons. The molecule has 2 aromatic carbocycles. The minimum Gasteiger partial charge on any atom is -0.471 e. The highest BCUT2D eigenvalue weighted by atomic mass is 35.5. The molecular weight excluding hydrogens is 459 g/mol. The Hall–Kier alpha value is -2.76. The molecule has 33 heavy (non-hydrogen) atoms. The van der Waals surface area contributed by atoms with Gasteiger partial charge in [-0.2, -0.15) is 0 Å². The summed E-state index contributed by atoms with van der Waals surface area (Å²) < 4.78 is 6.58. The lowest BCUT2D eigenvalue weighted by Crippen LogP contribution is -2.46. The molecule has 1 aliphatic carbocycles. The Balaban J connectivity index is 1.71. The average molecular weight is 483 g/mol. The van der Waals surface area contributed by atoms with Gasteiger partial charge in [0.25, 0.3) is 0 Å². The van der Waals surface area contributed by atoms with Gasteiger partial charge in [0.05, 0.1) is 11.7 Å². The summed E-state index contributed by atoms with van der Waals surface area (Å²) in [5.74, 6) is 0.481. The highest BCUT2D eigenvalue weighted by Crippen LogP contribution is 2.48. The summed E-state index contributed by atoms with van der Waals surface area (Å²) in [4.78, 5) is 16.6. The topological polar surface area (TPSA) is 71.5 Å². The summed E-state index contributed by atoms with van der Waals surface area (Å²) in [5.41, 5.74) is 3.60. The summed E-state index contributed by atoms with van der Waals surface area (Å²) >= 11 is 12.7. The second-order valence-electron chi connectivity index (χ2n) is 8.82. The standard InChI is InChI=1S/C26H24Cl2N2O3/c27-17-10-8-16(9-11-17)19-14-20-22(29-25(31)32)15-26(12-4-1-5-13-26)33-24(20)30-23(19)18-6-2-3-7-21(18)28/h2-3,6-11,14,22,29H,1,4-5,12-13,15H2,(H,31,32). The van der Waals surface area contributed by atoms with Crippen molar-refractivity contribution in [2.75, 3.05) is 0 Å². The van der Waals surface area contributed by atoms with Gasteiger partial charge in [0.1, 0.15) is 5.60 Å². The monoisotopic (exact) mass is 482 g/mol. The first-order chi connectivity index (χ1) is 15.9. The molecule has 2 N–H and O–H groups in total. The fraction of sp³-hybridized carbons (Fsp3) is 0.308. The third kappa shape index (κ3) is 4.40. The molecule has 170 valence electrons. The largest absolute Gasteiger partial charge is 0.471 e. The second kappa shape index (κ2) is 8.88. The van der Waals surface area contributed by atoms with Crippen LogP contribution in [-0.4, -0.2) is 21.8 Å². The molecule has 5 nitrogen and oxygen atoms in total. The highest BCUT2D eigenvalue weighted by molar-refractivity contribution is 6.33. The molecule has 2 heterocycles. The maximum Gasteiger partial charge on any atom is 0.405 e. The quantitative estimate of drug-likeness (QED) is 0.404. The van der Waals surface area contributed by atoms with Gasteiger partial charge in [0, 0.05) is 33.2 Å². The first kappa shape index (κ1) is 22.1. The molecule has 7 heteroatoms. The summed E-state index contributed by atoms with van der Waals surface area (Å²) in [7, 11) is 0. The molecule has 1 saturated carbocycles. The molecule has 1 fully saturated rings. The van der Waals surface area contributed by atoms with Crippen LogP contribution in [0, 0.1) is 0 Å². The molecule has 1 aliphatic heterocycles. The maximum absolute atomic E-state index is 11.7. The Morgan fingerprint density at radius 2 is 1.76 bits per heavy atom. The predicted octanol–water partition coefficient (Wildman–Crippen LogP) is 7.52. The zero-order valence-electron chi connectivity index (χ0n) is 18.0. The Morgan fingerprint density at radius 1 is 1.03 bits per heavy atom. The van der Waals surface area contributed by atoms with Crippen LogP contribution in [0.1, 0.15) is 50.1 Å². The zero-order valence-corrected chi connectivity index (χ0v) is 19.5. The lowest BCUT2D eigenvalue weighted by Gasteiger charge is -2.44. The van der Waals surface area contributed by atoms with Crippen LogP contribution < -0.4 is 10.1 Å². The van der Waals surface area contributed by atoms with E-state index in [0.717, 1.165) is 47.9 Å². The number of fused-ring (bicyclic) bond motifs is 1. The molecule has 1 unspecified atom stereocenters. The summed E-state index contributed by atoms with van der Waals surface area (Å²) in [6.07, 6.45) is 4.63. The summed E-state index contributed by atoms with van der Waals surface area (Å²) in [5, 5.41) is 13.5. The van der Waals surface area contributed by atoms with E-state index >= 15 is 0 Å². The normalized spacial score (nSPS) is 18.9. The SMILES string of the molecule is O=C(O)NC1CC2(CCCCC2)Oc2nc(-c3ccccc3Cl)c(-c3ccc(Cl)cc3)cc21. The van der Waals surface area contributed by atoms with Gasteiger partial charge in [-0.25, -0.2) is 9.78 Å². The van der Waals surface area contributed by atoms with Gasteiger partial charge in [-0.1, -0.05) is 60.0 Å². The fourth-order valence-electron chi connectivity index (χ4n) is 5.06. The summed E-state index contributed by atoms with van der Waals surface area (Å²) in [6.45, 7) is 0. The number of halogens is 2. The van der Waals surface area contributed by atoms with Crippen LogP contribution in [0.3, 0.4) is 0 Å². The molecule has 0 saturated heterocycles. The van der Waals surface area contributed by atoms with Crippen molar-refractivity contribution in [3.63, 3.8) is 0 Å². The van der Waals surface area contributed by atoms with Crippen LogP contribution in [0.15, 0.2) is 54.6 Å². The van der Waals surface area contributed by atoms with Gasteiger partial charge in [0.15, 0.2) is 0 Å². The lowest BCUT2D eigenvalue weighted by atomic mass is 9.77. The van der Waals surface area contributed by atoms with Crippen molar-refractivity contribution < 1.29 is 14.6 Å². The molecule has 3 aromatic rings. The first-order valence-electron chi connectivity index (χ1n) is 11.2. The van der Waals surface area contributed by atoms with Crippen LogP contribution in [0.4, 0.5) is 4.79 Å². The van der Waals surface area contributed by atoms with Crippen molar-refractivity contribution in [2.24, 2.45) is 0 Å². The first-order valence-corrected chi connectivity index (χ1v) is 11.9. The number of amides is 1. The minimum atomic E-state index is -1.05.